The predicted octanol–water partition coefficient (Wildman–Crippen LogP) is 0.607. The molecule has 0 aromatic rings. The van der Waals surface area contributed by atoms with Crippen LogP contribution in [0.5, 0.6) is 0 Å². The van der Waals surface area contributed by atoms with Crippen LogP contribution >= 0.6 is 0 Å². The van der Waals surface area contributed by atoms with E-state index in [1.165, 1.54) is 7.11 Å². The van der Waals surface area contributed by atoms with E-state index in [9.17, 15) is 4.79 Å². The van der Waals surface area contributed by atoms with Gasteiger partial charge in [-0.3, -0.25) is 4.79 Å². The molecule has 0 radical (unpaired) electrons. The Balaban J connectivity index is 2.75. The van der Waals surface area contributed by atoms with Crippen molar-refractivity contribution >= 4 is 5.91 Å². The minimum absolute atomic E-state index is 0.0225. The Morgan fingerprint density at radius 2 is 2.27 bits per heavy atom. The maximum absolute atomic E-state index is 12.1. The molecule has 15 heavy (non-hydrogen) atoms. The van der Waals surface area contributed by atoms with E-state index in [2.05, 4.69) is 20.8 Å². The molecule has 0 bridgehead atoms. The standard InChI is InChI=1S/C11H22N2O2/c1-8-5-11(2,3)13(7-8)10(14)9(6-12)15-4/h8-9H,5-7,12H2,1-4H3. The lowest BCUT2D eigenvalue weighted by atomic mass is 9.97. The molecule has 1 heterocycles. The molecular formula is C11H22N2O2. The second-order valence-corrected chi connectivity index (χ2v) is 5.03. The fraction of sp³-hybridized carbons (Fsp3) is 0.909. The van der Waals surface area contributed by atoms with Crippen molar-refractivity contribution in [3.8, 4) is 0 Å². The third-order valence-electron chi connectivity index (χ3n) is 3.11. The van der Waals surface area contributed by atoms with Crippen LogP contribution in [0.1, 0.15) is 27.2 Å². The molecule has 1 aliphatic heterocycles. The van der Waals surface area contributed by atoms with E-state index in [1.54, 1.807) is 0 Å². The van der Waals surface area contributed by atoms with Crippen molar-refractivity contribution in [3.05, 3.63) is 0 Å². The minimum atomic E-state index is -0.491. The molecule has 1 amide bonds. The van der Waals surface area contributed by atoms with Gasteiger partial charge in [-0.2, -0.15) is 0 Å². The highest BCUT2D eigenvalue weighted by atomic mass is 16.5. The highest BCUT2D eigenvalue weighted by Crippen LogP contribution is 2.32. The van der Waals surface area contributed by atoms with Crippen molar-refractivity contribution < 1.29 is 9.53 Å². The van der Waals surface area contributed by atoms with Crippen LogP contribution in [0, 0.1) is 5.92 Å². The summed E-state index contributed by atoms with van der Waals surface area (Å²) in [6.07, 6.45) is 0.550. The van der Waals surface area contributed by atoms with Crippen LogP contribution in [-0.2, 0) is 9.53 Å². The average Bonchev–Trinajstić information content (AvgIpc) is 2.41. The highest BCUT2D eigenvalue weighted by molar-refractivity contribution is 5.82. The predicted molar refractivity (Wildman–Crippen MR) is 59.4 cm³/mol. The number of hydrogen-bond donors (Lipinski definition) is 1. The van der Waals surface area contributed by atoms with Gasteiger partial charge in [0.2, 0.25) is 0 Å². The van der Waals surface area contributed by atoms with Gasteiger partial charge in [0.15, 0.2) is 0 Å². The van der Waals surface area contributed by atoms with Crippen molar-refractivity contribution in [3.63, 3.8) is 0 Å². The fourth-order valence-electron chi connectivity index (χ4n) is 2.45. The van der Waals surface area contributed by atoms with Gasteiger partial charge in [0.25, 0.3) is 5.91 Å². The van der Waals surface area contributed by atoms with Gasteiger partial charge >= 0.3 is 0 Å². The quantitative estimate of drug-likeness (QED) is 0.749. The second-order valence-electron chi connectivity index (χ2n) is 5.03. The molecular weight excluding hydrogens is 192 g/mol. The van der Waals surface area contributed by atoms with E-state index in [4.69, 9.17) is 10.5 Å². The Morgan fingerprint density at radius 3 is 2.60 bits per heavy atom. The number of carbonyl (C=O) groups excluding carboxylic acids is 1. The zero-order valence-corrected chi connectivity index (χ0v) is 10.1. The van der Waals surface area contributed by atoms with E-state index in [0.29, 0.717) is 5.92 Å². The zero-order chi connectivity index (χ0) is 11.6. The molecule has 88 valence electrons. The van der Waals surface area contributed by atoms with Gasteiger partial charge in [0, 0.05) is 25.7 Å². The van der Waals surface area contributed by atoms with Crippen LogP contribution in [0.4, 0.5) is 0 Å². The molecule has 0 aromatic heterocycles. The van der Waals surface area contributed by atoms with Gasteiger partial charge in [-0.25, -0.2) is 0 Å². The third kappa shape index (κ3) is 2.49. The molecule has 0 aromatic carbocycles. The first-order chi connectivity index (χ1) is 6.92. The summed E-state index contributed by atoms with van der Waals surface area (Å²) in [5, 5.41) is 0. The summed E-state index contributed by atoms with van der Waals surface area (Å²) in [6.45, 7) is 7.41. The first kappa shape index (κ1) is 12.5. The number of nitrogens with zero attached hydrogens (tertiary/aromatic N) is 1. The van der Waals surface area contributed by atoms with E-state index in [-0.39, 0.29) is 18.0 Å². The summed E-state index contributed by atoms with van der Waals surface area (Å²) in [4.78, 5) is 14.0. The topological polar surface area (TPSA) is 55.6 Å². The lowest BCUT2D eigenvalue weighted by molar-refractivity contribution is -0.144. The molecule has 1 aliphatic rings. The maximum Gasteiger partial charge on any atom is 0.253 e. The summed E-state index contributed by atoms with van der Waals surface area (Å²) in [7, 11) is 1.53. The Hall–Kier alpha value is -0.610. The maximum atomic E-state index is 12.1. The smallest absolute Gasteiger partial charge is 0.253 e. The Morgan fingerprint density at radius 1 is 1.67 bits per heavy atom. The molecule has 2 unspecified atom stereocenters. The van der Waals surface area contributed by atoms with Gasteiger partial charge in [-0.15, -0.1) is 0 Å². The molecule has 1 rings (SSSR count). The molecule has 0 aliphatic carbocycles. The van der Waals surface area contributed by atoms with Gasteiger partial charge in [-0.05, 0) is 26.2 Å². The monoisotopic (exact) mass is 214 g/mol. The molecule has 1 fully saturated rings. The van der Waals surface area contributed by atoms with Crippen molar-refractivity contribution in [2.45, 2.75) is 38.8 Å². The first-order valence-corrected chi connectivity index (χ1v) is 5.46. The number of amides is 1. The molecule has 1 saturated heterocycles. The van der Waals surface area contributed by atoms with Crippen molar-refractivity contribution in [2.24, 2.45) is 11.7 Å². The molecule has 0 spiro atoms. The highest BCUT2D eigenvalue weighted by Gasteiger charge is 2.41. The van der Waals surface area contributed by atoms with Gasteiger partial charge in [0.1, 0.15) is 6.10 Å². The lowest BCUT2D eigenvalue weighted by Gasteiger charge is -2.33. The molecule has 0 saturated carbocycles. The molecule has 4 heteroatoms. The number of methoxy groups -OCH3 is 1. The lowest BCUT2D eigenvalue weighted by Crippen LogP contribution is -2.50. The fourth-order valence-corrected chi connectivity index (χ4v) is 2.45. The molecule has 2 N–H and O–H groups in total. The summed E-state index contributed by atoms with van der Waals surface area (Å²) in [5.41, 5.74) is 5.44. The Bertz CT molecular complexity index is 237. The van der Waals surface area contributed by atoms with Gasteiger partial charge < -0.3 is 15.4 Å². The Kier molecular flexibility index (Phi) is 3.73. The summed E-state index contributed by atoms with van der Waals surface area (Å²) in [6, 6.07) is 0. The van der Waals surface area contributed by atoms with Crippen molar-refractivity contribution in [2.75, 3.05) is 20.2 Å². The van der Waals surface area contributed by atoms with Crippen LogP contribution in [0.2, 0.25) is 0 Å². The first-order valence-electron chi connectivity index (χ1n) is 5.46. The van der Waals surface area contributed by atoms with Crippen molar-refractivity contribution in [1.82, 2.24) is 4.90 Å². The van der Waals surface area contributed by atoms with Gasteiger partial charge in [0.05, 0.1) is 0 Å². The minimum Gasteiger partial charge on any atom is -0.370 e. The summed E-state index contributed by atoms with van der Waals surface area (Å²) in [5.74, 6) is 0.577. The average molecular weight is 214 g/mol. The number of nitrogens with two attached hydrogens (primary N) is 1. The number of rotatable bonds is 3. The van der Waals surface area contributed by atoms with Crippen molar-refractivity contribution in [1.29, 1.82) is 0 Å². The molecule has 2 atom stereocenters. The van der Waals surface area contributed by atoms with E-state index in [0.717, 1.165) is 13.0 Å². The Labute approximate surface area is 91.8 Å². The third-order valence-corrected chi connectivity index (χ3v) is 3.11. The van der Waals surface area contributed by atoms with E-state index < -0.39 is 6.10 Å². The SMILES string of the molecule is COC(CN)C(=O)N1CC(C)CC1(C)C. The van der Waals surface area contributed by atoms with Crippen LogP contribution in [0.15, 0.2) is 0 Å². The number of carbonyl (C=O) groups is 1. The molecule has 4 nitrogen and oxygen atoms in total. The van der Waals surface area contributed by atoms with Crippen LogP contribution in [-0.4, -0.2) is 42.6 Å². The zero-order valence-electron chi connectivity index (χ0n) is 10.1. The number of hydrogen-bond acceptors (Lipinski definition) is 3. The summed E-state index contributed by atoms with van der Waals surface area (Å²) < 4.78 is 5.09. The normalized spacial score (nSPS) is 26.7. The number of ether oxygens (including phenoxy) is 1. The van der Waals surface area contributed by atoms with E-state index in [1.807, 2.05) is 4.90 Å². The van der Waals surface area contributed by atoms with E-state index >= 15 is 0 Å². The summed E-state index contributed by atoms with van der Waals surface area (Å²) >= 11 is 0. The van der Waals surface area contributed by atoms with Crippen LogP contribution in [0.3, 0.4) is 0 Å². The second kappa shape index (κ2) is 4.49. The largest absolute Gasteiger partial charge is 0.370 e. The van der Waals surface area contributed by atoms with Crippen LogP contribution in [0.25, 0.3) is 0 Å². The van der Waals surface area contributed by atoms with Crippen LogP contribution < -0.4 is 5.73 Å². The van der Waals surface area contributed by atoms with Gasteiger partial charge in [-0.1, -0.05) is 6.92 Å². The number of likely N-dealkylation sites (tertiary alicyclic amines) is 1.